The van der Waals surface area contributed by atoms with Crippen LogP contribution in [0.5, 0.6) is 0 Å². The highest BCUT2D eigenvalue weighted by atomic mass is 35.5. The Hall–Kier alpha value is -2.34. The first-order chi connectivity index (χ1) is 12.8. The van der Waals surface area contributed by atoms with Crippen LogP contribution < -0.4 is 9.80 Å². The van der Waals surface area contributed by atoms with Gasteiger partial charge in [0.1, 0.15) is 17.2 Å². The van der Waals surface area contributed by atoms with Crippen molar-refractivity contribution in [3.05, 3.63) is 41.7 Å². The molecule has 0 atom stereocenters. The molecular weight excluding hydrogens is 364 g/mol. The van der Waals surface area contributed by atoms with Crippen LogP contribution in [0.15, 0.2) is 36.4 Å². The summed E-state index contributed by atoms with van der Waals surface area (Å²) in [5.74, 6) is 1.13. The first kappa shape index (κ1) is 19.4. The Morgan fingerprint density at radius 1 is 1.11 bits per heavy atom. The van der Waals surface area contributed by atoms with Crippen molar-refractivity contribution in [3.63, 3.8) is 0 Å². The number of benzene rings is 1. The molecule has 3 rings (SSSR count). The summed E-state index contributed by atoms with van der Waals surface area (Å²) >= 11 is 6.21. The van der Waals surface area contributed by atoms with E-state index in [1.54, 1.807) is 6.07 Å². The van der Waals surface area contributed by atoms with Crippen LogP contribution in [0.3, 0.4) is 0 Å². The lowest BCUT2D eigenvalue weighted by Crippen LogP contribution is -2.35. The van der Waals surface area contributed by atoms with E-state index in [1.165, 1.54) is 11.3 Å². The van der Waals surface area contributed by atoms with Gasteiger partial charge in [0.05, 0.1) is 5.69 Å². The number of rotatable bonds is 3. The zero-order valence-corrected chi connectivity index (χ0v) is 16.7. The summed E-state index contributed by atoms with van der Waals surface area (Å²) in [7, 11) is 0. The Bertz CT molecular complexity index is 786. The molecule has 6 nitrogen and oxygen atoms in total. The van der Waals surface area contributed by atoms with Gasteiger partial charge in [0.2, 0.25) is 5.28 Å². The van der Waals surface area contributed by atoms with Crippen LogP contribution in [-0.2, 0) is 4.74 Å². The number of carbonyl (C=O) groups excluding carboxylic acids is 1. The van der Waals surface area contributed by atoms with Crippen LogP contribution in [0.2, 0.25) is 5.28 Å². The number of hydrogen-bond acceptors (Lipinski definition) is 5. The molecule has 2 aromatic rings. The fraction of sp³-hybridized carbons (Fsp3) is 0.450. The summed E-state index contributed by atoms with van der Waals surface area (Å²) in [4.78, 5) is 25.2. The van der Waals surface area contributed by atoms with E-state index in [2.05, 4.69) is 14.9 Å². The van der Waals surface area contributed by atoms with Gasteiger partial charge in [-0.25, -0.2) is 14.7 Å². The number of para-hydroxylation sites is 1. The van der Waals surface area contributed by atoms with Crippen LogP contribution in [0.25, 0.3) is 0 Å². The van der Waals surface area contributed by atoms with E-state index in [-0.39, 0.29) is 5.28 Å². The second kappa shape index (κ2) is 8.13. The molecular formula is C20H25ClN4O2. The van der Waals surface area contributed by atoms with Gasteiger partial charge in [0.15, 0.2) is 0 Å². The van der Waals surface area contributed by atoms with E-state index in [0.717, 1.165) is 31.7 Å². The molecule has 0 saturated carbocycles. The van der Waals surface area contributed by atoms with Crippen LogP contribution in [0.1, 0.15) is 40.0 Å². The molecule has 1 aromatic heterocycles. The number of nitrogens with zero attached hydrogens (tertiary/aromatic N) is 4. The third kappa shape index (κ3) is 5.10. The predicted octanol–water partition coefficient (Wildman–Crippen LogP) is 5.19. The molecule has 0 bridgehead atoms. The number of carbonyl (C=O) groups is 1. The summed E-state index contributed by atoms with van der Waals surface area (Å²) in [5, 5.41) is 0.109. The highest BCUT2D eigenvalue weighted by Gasteiger charge is 2.27. The molecule has 1 fully saturated rings. The van der Waals surface area contributed by atoms with Gasteiger partial charge in [-0.05, 0) is 63.8 Å². The third-order valence-corrected chi connectivity index (χ3v) is 4.34. The van der Waals surface area contributed by atoms with Gasteiger partial charge in [0.25, 0.3) is 0 Å². The molecule has 27 heavy (non-hydrogen) atoms. The molecule has 1 aliphatic heterocycles. The fourth-order valence-electron chi connectivity index (χ4n) is 3.01. The zero-order chi connectivity index (χ0) is 19.4. The van der Waals surface area contributed by atoms with Crippen LogP contribution in [-0.4, -0.2) is 34.8 Å². The van der Waals surface area contributed by atoms with Gasteiger partial charge < -0.3 is 9.64 Å². The summed E-state index contributed by atoms with van der Waals surface area (Å²) in [6.07, 6.45) is 2.95. The maximum atomic E-state index is 12.9. The number of anilines is 3. The Morgan fingerprint density at radius 3 is 2.41 bits per heavy atom. The minimum atomic E-state index is -0.628. The van der Waals surface area contributed by atoms with Crippen molar-refractivity contribution in [2.24, 2.45) is 0 Å². The van der Waals surface area contributed by atoms with E-state index in [9.17, 15) is 4.79 Å². The normalized spacial score (nSPS) is 14.7. The first-order valence-corrected chi connectivity index (χ1v) is 9.59. The van der Waals surface area contributed by atoms with E-state index in [1.807, 2.05) is 51.1 Å². The minimum Gasteiger partial charge on any atom is -0.443 e. The van der Waals surface area contributed by atoms with Crippen molar-refractivity contribution >= 4 is 35.0 Å². The van der Waals surface area contributed by atoms with Crippen LogP contribution in [0, 0.1) is 0 Å². The average Bonchev–Trinajstić information content (AvgIpc) is 2.61. The molecule has 0 N–H and O–H groups in total. The highest BCUT2D eigenvalue weighted by molar-refractivity contribution is 6.28. The molecule has 0 radical (unpaired) electrons. The number of hydrogen-bond donors (Lipinski definition) is 0. The largest absolute Gasteiger partial charge is 0.443 e. The quantitative estimate of drug-likeness (QED) is 0.677. The lowest BCUT2D eigenvalue weighted by molar-refractivity contribution is 0.0598. The average molecular weight is 389 g/mol. The van der Waals surface area contributed by atoms with Gasteiger partial charge in [-0.15, -0.1) is 0 Å². The molecule has 1 saturated heterocycles. The van der Waals surface area contributed by atoms with Crippen molar-refractivity contribution in [3.8, 4) is 0 Å². The predicted molar refractivity (Wildman–Crippen MR) is 108 cm³/mol. The second-order valence-corrected chi connectivity index (χ2v) is 7.89. The monoisotopic (exact) mass is 388 g/mol. The molecule has 1 aliphatic rings. The number of aromatic nitrogens is 2. The van der Waals surface area contributed by atoms with Crippen molar-refractivity contribution in [2.45, 2.75) is 45.6 Å². The number of halogens is 1. The van der Waals surface area contributed by atoms with Gasteiger partial charge >= 0.3 is 6.09 Å². The van der Waals surface area contributed by atoms with Crippen LogP contribution in [0.4, 0.5) is 22.1 Å². The van der Waals surface area contributed by atoms with Crippen molar-refractivity contribution in [2.75, 3.05) is 22.9 Å². The highest BCUT2D eigenvalue weighted by Crippen LogP contribution is 2.30. The van der Waals surface area contributed by atoms with Crippen molar-refractivity contribution in [1.29, 1.82) is 0 Å². The van der Waals surface area contributed by atoms with Gasteiger partial charge in [0, 0.05) is 19.2 Å². The second-order valence-electron chi connectivity index (χ2n) is 7.55. The zero-order valence-electron chi connectivity index (χ0n) is 16.0. The summed E-state index contributed by atoms with van der Waals surface area (Å²) < 4.78 is 5.60. The van der Waals surface area contributed by atoms with Gasteiger partial charge in [-0.2, -0.15) is 4.98 Å². The standard InChI is InChI=1S/C20H25ClN4O2/c1-20(2,3)27-19(26)25(15-10-6-4-7-11-15)17-14-16(22-18(21)23-17)24-12-8-5-9-13-24/h4,6-7,10-11,14H,5,8-9,12-13H2,1-3H3. The Balaban J connectivity index is 2.01. The first-order valence-electron chi connectivity index (χ1n) is 9.21. The molecule has 0 aliphatic carbocycles. The molecule has 144 valence electrons. The number of ether oxygens (including phenoxy) is 1. The molecule has 0 spiro atoms. The lowest BCUT2D eigenvalue weighted by Gasteiger charge is -2.30. The van der Waals surface area contributed by atoms with E-state index >= 15 is 0 Å². The van der Waals surface area contributed by atoms with Gasteiger partial charge in [-0.1, -0.05) is 18.2 Å². The molecule has 2 heterocycles. The van der Waals surface area contributed by atoms with Crippen molar-refractivity contribution < 1.29 is 9.53 Å². The minimum absolute atomic E-state index is 0.109. The van der Waals surface area contributed by atoms with E-state index < -0.39 is 11.7 Å². The smallest absolute Gasteiger partial charge is 0.420 e. The lowest BCUT2D eigenvalue weighted by atomic mass is 10.1. The maximum Gasteiger partial charge on any atom is 0.420 e. The third-order valence-electron chi connectivity index (χ3n) is 4.17. The topological polar surface area (TPSA) is 58.6 Å². The Labute approximate surface area is 165 Å². The van der Waals surface area contributed by atoms with E-state index in [0.29, 0.717) is 11.5 Å². The number of piperidine rings is 1. The SMILES string of the molecule is CC(C)(C)OC(=O)N(c1ccccc1)c1cc(N2CCCCC2)nc(Cl)n1. The molecule has 1 amide bonds. The maximum absolute atomic E-state index is 12.9. The van der Waals surface area contributed by atoms with Gasteiger partial charge in [-0.3, -0.25) is 0 Å². The Kier molecular flexibility index (Phi) is 5.85. The fourth-order valence-corrected chi connectivity index (χ4v) is 3.18. The summed E-state index contributed by atoms with van der Waals surface area (Å²) in [5.41, 5.74) is 0.0301. The Morgan fingerprint density at radius 2 is 1.78 bits per heavy atom. The van der Waals surface area contributed by atoms with E-state index in [4.69, 9.17) is 16.3 Å². The molecule has 7 heteroatoms. The van der Waals surface area contributed by atoms with Crippen LogP contribution >= 0.6 is 11.6 Å². The number of amides is 1. The molecule has 1 aromatic carbocycles. The summed E-state index contributed by atoms with van der Waals surface area (Å²) in [6.45, 7) is 7.34. The summed E-state index contributed by atoms with van der Waals surface area (Å²) in [6, 6.07) is 11.1. The molecule has 0 unspecified atom stereocenters. The van der Waals surface area contributed by atoms with Crippen molar-refractivity contribution in [1.82, 2.24) is 9.97 Å².